The Balaban J connectivity index is 1.50. The van der Waals surface area contributed by atoms with Gasteiger partial charge in [0, 0.05) is 61.0 Å². The van der Waals surface area contributed by atoms with Gasteiger partial charge in [0.1, 0.15) is 6.33 Å². The van der Waals surface area contributed by atoms with Crippen molar-refractivity contribution in [3.05, 3.63) is 59.7 Å². The highest BCUT2D eigenvalue weighted by Gasteiger charge is 2.48. The average molecular weight is 405 g/mol. The van der Waals surface area contributed by atoms with Crippen LogP contribution in [0.1, 0.15) is 55.2 Å². The molecule has 0 saturated carbocycles. The molecule has 1 N–H and O–H groups in total. The Hall–Kier alpha value is -2.26. The van der Waals surface area contributed by atoms with Crippen LogP contribution in [0.15, 0.2) is 43.0 Å². The van der Waals surface area contributed by atoms with Crippen LogP contribution in [0.5, 0.6) is 0 Å². The number of benzene rings is 1. The summed E-state index contributed by atoms with van der Waals surface area (Å²) >= 11 is 0. The number of aliphatic hydroxyl groups excluding tert-OH is 1. The van der Waals surface area contributed by atoms with E-state index in [1.807, 2.05) is 12.4 Å². The van der Waals surface area contributed by atoms with Crippen molar-refractivity contribution in [1.29, 1.82) is 0 Å². The predicted molar refractivity (Wildman–Crippen MR) is 119 cm³/mol. The summed E-state index contributed by atoms with van der Waals surface area (Å²) in [7, 11) is 0. The number of hydrogen-bond donors (Lipinski definition) is 1. The fourth-order valence-electron chi connectivity index (χ4n) is 4.90. The standard InChI is InChI=1S/C25H32N4O/c1-2-3-4-7-20-8-10-22(11-9-20)25-23-17-28(16-21-14-26-19-27-15-21)12-5-6-13-29(23)24(25)18-30/h8-11,14-15,19,23-25,30H,2-3,5-6,12-13,16-18H2,1H3/t23-,24+,25-/m1/s1. The maximum absolute atomic E-state index is 10.1. The molecule has 3 heterocycles. The summed E-state index contributed by atoms with van der Waals surface area (Å²) in [6.07, 6.45) is 9.80. The molecular formula is C25H32N4O. The third-order valence-corrected chi connectivity index (χ3v) is 6.38. The van der Waals surface area contributed by atoms with Crippen molar-refractivity contribution in [2.45, 2.75) is 57.2 Å². The lowest BCUT2D eigenvalue weighted by Crippen LogP contribution is -2.67. The quantitative estimate of drug-likeness (QED) is 0.777. The number of unbranched alkanes of at least 4 members (excludes halogenated alkanes) is 1. The molecule has 0 bridgehead atoms. The summed E-state index contributed by atoms with van der Waals surface area (Å²) in [5.41, 5.74) is 3.56. The van der Waals surface area contributed by atoms with Crippen molar-refractivity contribution in [1.82, 2.24) is 19.8 Å². The van der Waals surface area contributed by atoms with Crippen LogP contribution >= 0.6 is 0 Å². The molecule has 0 radical (unpaired) electrons. The Morgan fingerprint density at radius 2 is 1.87 bits per heavy atom. The van der Waals surface area contributed by atoms with Gasteiger partial charge in [-0.1, -0.05) is 30.9 Å². The van der Waals surface area contributed by atoms with Crippen LogP contribution in [0.4, 0.5) is 0 Å². The molecule has 3 atom stereocenters. The maximum Gasteiger partial charge on any atom is 0.115 e. The summed E-state index contributed by atoms with van der Waals surface area (Å²) in [5.74, 6) is 6.84. The van der Waals surface area contributed by atoms with Gasteiger partial charge in [0.25, 0.3) is 0 Å². The zero-order chi connectivity index (χ0) is 20.8. The van der Waals surface area contributed by atoms with Gasteiger partial charge in [-0.15, -0.1) is 0 Å². The SMILES string of the molecule is CCCC#Cc1ccc([C@@H]2[C@H]3CN(Cc4cncnc4)CCCCN3[C@H]2CO)cc1. The summed E-state index contributed by atoms with van der Waals surface area (Å²) in [5, 5.41) is 10.1. The second-order valence-electron chi connectivity index (χ2n) is 8.44. The van der Waals surface area contributed by atoms with Crippen molar-refractivity contribution < 1.29 is 5.11 Å². The van der Waals surface area contributed by atoms with E-state index in [4.69, 9.17) is 0 Å². The second kappa shape index (κ2) is 10.2. The molecule has 5 nitrogen and oxygen atoms in total. The Morgan fingerprint density at radius 3 is 2.60 bits per heavy atom. The van der Waals surface area contributed by atoms with Crippen molar-refractivity contribution in [2.24, 2.45) is 0 Å². The Kier molecular flexibility index (Phi) is 7.11. The first-order valence-electron chi connectivity index (χ1n) is 11.2. The van der Waals surface area contributed by atoms with E-state index in [1.54, 1.807) is 6.33 Å². The van der Waals surface area contributed by atoms with Crippen LogP contribution in [0.3, 0.4) is 0 Å². The minimum atomic E-state index is 0.214. The topological polar surface area (TPSA) is 52.5 Å². The molecule has 2 aliphatic rings. The van der Waals surface area contributed by atoms with Gasteiger partial charge in [0.15, 0.2) is 0 Å². The normalized spacial score (nSPS) is 24.7. The van der Waals surface area contributed by atoms with Gasteiger partial charge in [-0.3, -0.25) is 9.80 Å². The Bertz CT molecular complexity index is 858. The molecule has 30 heavy (non-hydrogen) atoms. The maximum atomic E-state index is 10.1. The zero-order valence-corrected chi connectivity index (χ0v) is 17.9. The van der Waals surface area contributed by atoms with Gasteiger partial charge in [0.2, 0.25) is 0 Å². The fourth-order valence-corrected chi connectivity index (χ4v) is 4.90. The van der Waals surface area contributed by atoms with E-state index in [1.165, 1.54) is 18.4 Å². The first-order valence-corrected chi connectivity index (χ1v) is 11.2. The number of fused-ring (bicyclic) bond motifs is 1. The summed E-state index contributed by atoms with van der Waals surface area (Å²) in [4.78, 5) is 13.4. The van der Waals surface area contributed by atoms with E-state index < -0.39 is 0 Å². The molecule has 2 aliphatic heterocycles. The molecular weight excluding hydrogens is 372 g/mol. The largest absolute Gasteiger partial charge is 0.395 e. The van der Waals surface area contributed by atoms with E-state index in [0.717, 1.165) is 50.1 Å². The third kappa shape index (κ3) is 4.73. The Labute approximate surface area is 180 Å². The van der Waals surface area contributed by atoms with Crippen molar-refractivity contribution in [3.8, 4) is 11.8 Å². The molecule has 0 aliphatic carbocycles. The van der Waals surface area contributed by atoms with Gasteiger partial charge in [0.05, 0.1) is 6.61 Å². The molecule has 1 aromatic carbocycles. The van der Waals surface area contributed by atoms with Gasteiger partial charge in [-0.05, 0) is 50.0 Å². The van der Waals surface area contributed by atoms with Gasteiger partial charge < -0.3 is 5.11 Å². The van der Waals surface area contributed by atoms with E-state index in [0.29, 0.717) is 12.0 Å². The molecule has 2 aromatic rings. The number of aromatic nitrogens is 2. The lowest BCUT2D eigenvalue weighted by Gasteiger charge is -2.57. The molecule has 158 valence electrons. The first-order chi connectivity index (χ1) is 14.8. The van der Waals surface area contributed by atoms with Crippen LogP contribution in [-0.4, -0.2) is 63.2 Å². The number of aliphatic hydroxyl groups is 1. The van der Waals surface area contributed by atoms with Crippen LogP contribution in [0.2, 0.25) is 0 Å². The van der Waals surface area contributed by atoms with Crippen LogP contribution in [0, 0.1) is 11.8 Å². The lowest BCUT2D eigenvalue weighted by atomic mass is 9.74. The number of rotatable bonds is 5. The first kappa shape index (κ1) is 21.0. The van der Waals surface area contributed by atoms with Crippen molar-refractivity contribution >= 4 is 0 Å². The van der Waals surface area contributed by atoms with Crippen molar-refractivity contribution in [2.75, 3.05) is 26.2 Å². The predicted octanol–water partition coefficient (Wildman–Crippen LogP) is 3.05. The lowest BCUT2D eigenvalue weighted by molar-refractivity contribution is -0.0655. The third-order valence-electron chi connectivity index (χ3n) is 6.38. The monoisotopic (exact) mass is 404 g/mol. The van der Waals surface area contributed by atoms with E-state index >= 15 is 0 Å². The van der Waals surface area contributed by atoms with Gasteiger partial charge in [-0.25, -0.2) is 9.97 Å². The molecule has 0 unspecified atom stereocenters. The van der Waals surface area contributed by atoms with Crippen LogP contribution < -0.4 is 0 Å². The fraction of sp³-hybridized carbons (Fsp3) is 0.520. The minimum absolute atomic E-state index is 0.214. The highest BCUT2D eigenvalue weighted by Crippen LogP contribution is 2.42. The Morgan fingerprint density at radius 1 is 1.10 bits per heavy atom. The van der Waals surface area contributed by atoms with Crippen LogP contribution in [-0.2, 0) is 6.54 Å². The summed E-state index contributed by atoms with van der Waals surface area (Å²) < 4.78 is 0. The smallest absolute Gasteiger partial charge is 0.115 e. The minimum Gasteiger partial charge on any atom is -0.395 e. The zero-order valence-electron chi connectivity index (χ0n) is 17.9. The molecule has 0 amide bonds. The number of hydrogen-bond acceptors (Lipinski definition) is 5. The number of nitrogens with zero attached hydrogens (tertiary/aromatic N) is 4. The molecule has 2 saturated heterocycles. The summed E-state index contributed by atoms with van der Waals surface area (Å²) in [6, 6.07) is 9.36. The van der Waals surface area contributed by atoms with Gasteiger partial charge >= 0.3 is 0 Å². The molecule has 5 heteroatoms. The van der Waals surface area contributed by atoms with E-state index in [-0.39, 0.29) is 12.6 Å². The second-order valence-corrected chi connectivity index (χ2v) is 8.44. The van der Waals surface area contributed by atoms with Gasteiger partial charge in [-0.2, -0.15) is 0 Å². The highest BCUT2D eigenvalue weighted by molar-refractivity contribution is 5.39. The van der Waals surface area contributed by atoms with E-state index in [9.17, 15) is 5.11 Å². The van der Waals surface area contributed by atoms with Crippen molar-refractivity contribution in [3.63, 3.8) is 0 Å². The average Bonchev–Trinajstić information content (AvgIpc) is 2.76. The molecule has 0 spiro atoms. The molecule has 1 aromatic heterocycles. The summed E-state index contributed by atoms with van der Waals surface area (Å²) in [6.45, 7) is 6.43. The molecule has 2 fully saturated rings. The van der Waals surface area contributed by atoms with E-state index in [2.05, 4.69) is 62.8 Å². The molecule has 4 rings (SSSR count). The highest BCUT2D eigenvalue weighted by atomic mass is 16.3. The van der Waals surface area contributed by atoms with Crippen LogP contribution in [0.25, 0.3) is 0 Å².